The number of carbonyl (C=O) groups excluding carboxylic acids is 1. The van der Waals surface area contributed by atoms with Crippen LogP contribution in [0.4, 0.5) is 0 Å². The van der Waals surface area contributed by atoms with Gasteiger partial charge in [0, 0.05) is 0 Å². The molecule has 0 spiro atoms. The highest BCUT2D eigenvalue weighted by Crippen LogP contribution is 2.48. The van der Waals surface area contributed by atoms with Crippen LogP contribution >= 0.6 is 7.52 Å². The van der Waals surface area contributed by atoms with Crippen molar-refractivity contribution in [3.8, 4) is 5.75 Å². The van der Waals surface area contributed by atoms with E-state index in [4.69, 9.17) is 9.26 Å². The van der Waals surface area contributed by atoms with Gasteiger partial charge in [0.05, 0.1) is 12.3 Å². The summed E-state index contributed by atoms with van der Waals surface area (Å²) in [5.41, 5.74) is -0.271. The summed E-state index contributed by atoms with van der Waals surface area (Å²) in [5.74, 6) is 0.470. The Morgan fingerprint density at radius 3 is 2.21 bits per heavy atom. The smallest absolute Gasteiger partial charge is 0.323 e. The summed E-state index contributed by atoms with van der Waals surface area (Å²) in [7, 11) is -3.24. The second-order valence-corrected chi connectivity index (χ2v) is 8.93. The first-order valence-electron chi connectivity index (χ1n) is 8.61. The van der Waals surface area contributed by atoms with Crippen molar-refractivity contribution in [1.29, 1.82) is 0 Å². The minimum Gasteiger partial charge on any atom is -0.464 e. The van der Waals surface area contributed by atoms with E-state index in [2.05, 4.69) is 18.9 Å². The molecule has 0 saturated heterocycles. The third kappa shape index (κ3) is 6.29. The van der Waals surface area contributed by atoms with Crippen molar-refractivity contribution in [2.45, 2.75) is 59.2 Å². The van der Waals surface area contributed by atoms with Gasteiger partial charge >= 0.3 is 13.5 Å². The van der Waals surface area contributed by atoms with Crippen molar-refractivity contribution >= 4 is 13.5 Å². The Bertz CT molecular complexity index is 543. The molecule has 0 bridgehead atoms. The molecule has 0 aliphatic carbocycles. The highest BCUT2D eigenvalue weighted by molar-refractivity contribution is 7.58. The van der Waals surface area contributed by atoms with Crippen molar-refractivity contribution in [1.82, 2.24) is 5.09 Å². The third-order valence-electron chi connectivity index (χ3n) is 4.01. The number of para-hydroxylation sites is 1. The average Bonchev–Trinajstić information content (AvgIpc) is 2.56. The second kappa shape index (κ2) is 9.85. The van der Waals surface area contributed by atoms with Gasteiger partial charge in [-0.3, -0.25) is 9.36 Å². The van der Waals surface area contributed by atoms with Crippen LogP contribution in [0.15, 0.2) is 30.3 Å². The Labute approximate surface area is 145 Å². The maximum absolute atomic E-state index is 13.1. The summed E-state index contributed by atoms with van der Waals surface area (Å²) >= 11 is 0. The Hall–Kier alpha value is -1.32. The molecule has 24 heavy (non-hydrogen) atoms. The van der Waals surface area contributed by atoms with Crippen LogP contribution in [0.5, 0.6) is 5.75 Å². The summed E-state index contributed by atoms with van der Waals surface area (Å²) < 4.78 is 24.1. The van der Waals surface area contributed by atoms with Gasteiger partial charge in [-0.25, -0.2) is 5.09 Å². The van der Waals surface area contributed by atoms with Crippen LogP contribution in [0.3, 0.4) is 0 Å². The van der Waals surface area contributed by atoms with Crippen molar-refractivity contribution < 1.29 is 18.6 Å². The maximum atomic E-state index is 13.1. The zero-order valence-electron chi connectivity index (χ0n) is 15.3. The van der Waals surface area contributed by atoms with Gasteiger partial charge in [-0.15, -0.1) is 0 Å². The van der Waals surface area contributed by atoms with Crippen LogP contribution in [0, 0.1) is 5.92 Å². The SMILES string of the molecule is CCC(CC)COC(=O)[C@H](C)NP(=O)(Oc1ccccc1)C(C)C. The number of ether oxygens (including phenoxy) is 1. The molecule has 0 aromatic heterocycles. The molecule has 5 nitrogen and oxygen atoms in total. The fourth-order valence-corrected chi connectivity index (χ4v) is 3.73. The van der Waals surface area contributed by atoms with Crippen molar-refractivity contribution in [3.63, 3.8) is 0 Å². The van der Waals surface area contributed by atoms with Crippen molar-refractivity contribution in [3.05, 3.63) is 30.3 Å². The van der Waals surface area contributed by atoms with Gasteiger partial charge < -0.3 is 9.26 Å². The molecule has 1 aromatic carbocycles. The van der Waals surface area contributed by atoms with E-state index in [-0.39, 0.29) is 5.66 Å². The standard InChI is InChI=1S/C18H30NO4P/c1-6-16(7-2)13-22-18(20)15(5)19-24(21,14(3)4)23-17-11-9-8-10-12-17/h8-12,14-16H,6-7,13H2,1-5H3,(H,19,21)/t15-,24?/m0/s1. The molecule has 0 aliphatic rings. The monoisotopic (exact) mass is 355 g/mol. The van der Waals surface area contributed by atoms with Gasteiger partial charge in [-0.2, -0.15) is 0 Å². The molecule has 0 amide bonds. The van der Waals surface area contributed by atoms with E-state index in [1.807, 2.05) is 18.2 Å². The predicted octanol–water partition coefficient (Wildman–Crippen LogP) is 4.62. The topological polar surface area (TPSA) is 64.6 Å². The van der Waals surface area contributed by atoms with Crippen LogP contribution in [0.2, 0.25) is 0 Å². The highest BCUT2D eigenvalue weighted by Gasteiger charge is 2.33. The van der Waals surface area contributed by atoms with Crippen molar-refractivity contribution in [2.24, 2.45) is 5.92 Å². The van der Waals surface area contributed by atoms with Crippen LogP contribution in [0.25, 0.3) is 0 Å². The van der Waals surface area contributed by atoms with Crippen LogP contribution in [-0.4, -0.2) is 24.3 Å². The summed E-state index contributed by atoms with van der Waals surface area (Å²) in [5, 5.41) is 2.86. The van der Waals surface area contributed by atoms with Gasteiger partial charge in [0.1, 0.15) is 11.8 Å². The van der Waals surface area contributed by atoms with E-state index in [9.17, 15) is 9.36 Å². The molecule has 0 heterocycles. The molecule has 1 unspecified atom stereocenters. The van der Waals surface area contributed by atoms with Gasteiger partial charge in [0.25, 0.3) is 0 Å². The first-order chi connectivity index (χ1) is 11.3. The number of hydrogen-bond acceptors (Lipinski definition) is 4. The molecule has 0 aliphatic heterocycles. The van der Waals surface area contributed by atoms with E-state index in [0.717, 1.165) is 12.8 Å². The van der Waals surface area contributed by atoms with Gasteiger partial charge in [0.15, 0.2) is 0 Å². The maximum Gasteiger partial charge on any atom is 0.323 e. The summed E-state index contributed by atoms with van der Waals surface area (Å²) in [6.45, 7) is 9.80. The van der Waals surface area contributed by atoms with E-state index in [0.29, 0.717) is 18.3 Å². The lowest BCUT2D eigenvalue weighted by atomic mass is 10.1. The van der Waals surface area contributed by atoms with E-state index < -0.39 is 19.5 Å². The molecule has 136 valence electrons. The summed E-state index contributed by atoms with van der Waals surface area (Å²) in [6.07, 6.45) is 1.93. The zero-order valence-corrected chi connectivity index (χ0v) is 16.2. The Morgan fingerprint density at radius 2 is 1.71 bits per heavy atom. The lowest BCUT2D eigenvalue weighted by molar-refractivity contribution is -0.146. The highest BCUT2D eigenvalue weighted by atomic mass is 31.2. The first-order valence-corrected chi connectivity index (χ1v) is 10.3. The second-order valence-electron chi connectivity index (χ2n) is 6.26. The van der Waals surface area contributed by atoms with Gasteiger partial charge in [-0.05, 0) is 25.0 Å². The van der Waals surface area contributed by atoms with Gasteiger partial charge in [0.2, 0.25) is 0 Å². The van der Waals surface area contributed by atoms with E-state index >= 15 is 0 Å². The minimum absolute atomic E-state index is 0.271. The molecule has 0 radical (unpaired) electrons. The fourth-order valence-electron chi connectivity index (χ4n) is 2.09. The molecular formula is C18H30NO4P. The number of nitrogens with one attached hydrogen (secondary N) is 1. The quantitative estimate of drug-likeness (QED) is 0.490. The molecule has 6 heteroatoms. The molecule has 1 aromatic rings. The lowest BCUT2D eigenvalue weighted by Gasteiger charge is -2.26. The molecule has 1 N–H and O–H groups in total. The molecule has 1 rings (SSSR count). The molecule has 0 saturated carbocycles. The van der Waals surface area contributed by atoms with E-state index in [1.54, 1.807) is 32.9 Å². The third-order valence-corrected chi connectivity index (χ3v) is 6.60. The largest absolute Gasteiger partial charge is 0.464 e. The first kappa shape index (κ1) is 20.7. The van der Waals surface area contributed by atoms with Gasteiger partial charge in [-0.1, -0.05) is 58.7 Å². The molecule has 0 fully saturated rings. The number of benzene rings is 1. The van der Waals surface area contributed by atoms with Crippen molar-refractivity contribution in [2.75, 3.05) is 6.61 Å². The van der Waals surface area contributed by atoms with E-state index in [1.165, 1.54) is 0 Å². The number of hydrogen-bond donors (Lipinski definition) is 1. The normalized spacial score (nSPS) is 15.1. The Balaban J connectivity index is 2.70. The minimum atomic E-state index is -3.24. The fraction of sp³-hybridized carbons (Fsp3) is 0.611. The number of carbonyl (C=O) groups is 1. The average molecular weight is 355 g/mol. The number of esters is 1. The van der Waals surface area contributed by atoms with Crippen LogP contribution < -0.4 is 9.61 Å². The lowest BCUT2D eigenvalue weighted by Crippen LogP contribution is -2.37. The Morgan fingerprint density at radius 1 is 1.12 bits per heavy atom. The number of rotatable bonds is 10. The summed E-state index contributed by atoms with van der Waals surface area (Å²) in [4.78, 5) is 12.2. The van der Waals surface area contributed by atoms with Crippen LogP contribution in [0.1, 0.15) is 47.5 Å². The van der Waals surface area contributed by atoms with Crippen LogP contribution in [-0.2, 0) is 14.1 Å². The Kier molecular flexibility index (Phi) is 8.51. The molecule has 2 atom stereocenters. The molecular weight excluding hydrogens is 325 g/mol. The zero-order chi connectivity index (χ0) is 18.2. The summed E-state index contributed by atoms with van der Waals surface area (Å²) in [6, 6.07) is 8.27. The predicted molar refractivity (Wildman–Crippen MR) is 97.4 cm³/mol.